The van der Waals surface area contributed by atoms with Gasteiger partial charge in [0, 0.05) is 19.3 Å². The van der Waals surface area contributed by atoms with Crippen molar-refractivity contribution in [1.29, 1.82) is 10.5 Å². The van der Waals surface area contributed by atoms with Gasteiger partial charge in [-0.25, -0.2) is 0 Å². The highest BCUT2D eigenvalue weighted by Crippen LogP contribution is 2.38. The predicted molar refractivity (Wildman–Crippen MR) is 94.3 cm³/mol. The quantitative estimate of drug-likeness (QED) is 0.773. The zero-order chi connectivity index (χ0) is 16.9. The fourth-order valence-corrected chi connectivity index (χ4v) is 3.57. The molecule has 3 nitrogen and oxygen atoms in total. The van der Waals surface area contributed by atoms with Gasteiger partial charge in [0.1, 0.15) is 17.7 Å². The Hall–Kier alpha value is -2.78. The summed E-state index contributed by atoms with van der Waals surface area (Å²) in [6.07, 6.45) is 8.47. The summed E-state index contributed by atoms with van der Waals surface area (Å²) < 4.78 is 0. The lowest BCUT2D eigenvalue weighted by molar-refractivity contribution is 0.365. The number of benzene rings is 1. The van der Waals surface area contributed by atoms with Crippen LogP contribution in [0.2, 0.25) is 0 Å². The van der Waals surface area contributed by atoms with Crippen LogP contribution in [-0.2, 0) is 6.54 Å². The molecule has 0 amide bonds. The third-order valence-corrected chi connectivity index (χ3v) is 4.95. The van der Waals surface area contributed by atoms with Gasteiger partial charge in [-0.15, -0.1) is 0 Å². The number of nitrogens with zero attached hydrogens (tertiary/aromatic N) is 3. The highest BCUT2D eigenvalue weighted by Gasteiger charge is 2.25. The third-order valence-electron chi connectivity index (χ3n) is 4.95. The molecule has 2 aliphatic rings. The maximum atomic E-state index is 9.10. The van der Waals surface area contributed by atoms with E-state index in [4.69, 9.17) is 10.5 Å². The van der Waals surface area contributed by atoms with Gasteiger partial charge in [-0.2, -0.15) is 10.5 Å². The molecule has 2 aliphatic carbocycles. The summed E-state index contributed by atoms with van der Waals surface area (Å²) in [5.74, 6) is 0.571. The first-order valence-electron chi connectivity index (χ1n) is 8.42. The second kappa shape index (κ2) is 7.20. The molecule has 1 aromatic rings. The number of hydrogen-bond acceptors (Lipinski definition) is 3. The van der Waals surface area contributed by atoms with Crippen molar-refractivity contribution in [3.05, 3.63) is 70.5 Å². The van der Waals surface area contributed by atoms with Crippen LogP contribution in [0.1, 0.15) is 31.2 Å². The van der Waals surface area contributed by atoms with Crippen LogP contribution in [-0.4, -0.2) is 11.9 Å². The van der Waals surface area contributed by atoms with Gasteiger partial charge in [0.05, 0.1) is 0 Å². The molecule has 0 radical (unpaired) electrons. The minimum atomic E-state index is 0.263. The molecule has 0 aromatic heterocycles. The largest absolute Gasteiger partial charge is 0.374 e. The molecule has 24 heavy (non-hydrogen) atoms. The van der Waals surface area contributed by atoms with E-state index in [0.717, 1.165) is 37.8 Å². The van der Waals surface area contributed by atoms with E-state index in [-0.39, 0.29) is 5.57 Å². The zero-order valence-corrected chi connectivity index (χ0v) is 14.0. The number of rotatable bonds is 3. The van der Waals surface area contributed by atoms with Crippen molar-refractivity contribution >= 4 is 0 Å². The first kappa shape index (κ1) is 16.1. The van der Waals surface area contributed by atoms with E-state index in [9.17, 15) is 0 Å². The molecule has 3 rings (SSSR count). The SMILES string of the molecule is CN(Cc1ccccc1)C1=CC2=CC(=C(C#N)C#N)CC[C@H]2CC1. The molecule has 0 spiro atoms. The summed E-state index contributed by atoms with van der Waals surface area (Å²) in [6, 6.07) is 14.5. The van der Waals surface area contributed by atoms with Crippen LogP contribution in [0.15, 0.2) is 64.9 Å². The summed E-state index contributed by atoms with van der Waals surface area (Å²) in [7, 11) is 2.13. The van der Waals surface area contributed by atoms with E-state index in [1.54, 1.807) is 0 Å². The molecule has 3 heteroatoms. The Bertz CT molecular complexity index is 769. The Morgan fingerprint density at radius 1 is 1.08 bits per heavy atom. The number of nitriles is 2. The fourth-order valence-electron chi connectivity index (χ4n) is 3.57. The van der Waals surface area contributed by atoms with Crippen molar-refractivity contribution in [2.45, 2.75) is 32.2 Å². The molecule has 1 atom stereocenters. The summed E-state index contributed by atoms with van der Waals surface area (Å²) in [5, 5.41) is 18.2. The van der Waals surface area contributed by atoms with Gasteiger partial charge in [0.25, 0.3) is 0 Å². The topological polar surface area (TPSA) is 50.8 Å². The first-order valence-corrected chi connectivity index (χ1v) is 8.42. The van der Waals surface area contributed by atoms with Gasteiger partial charge >= 0.3 is 0 Å². The van der Waals surface area contributed by atoms with Gasteiger partial charge in [-0.3, -0.25) is 0 Å². The average Bonchev–Trinajstić information content (AvgIpc) is 2.63. The number of hydrogen-bond donors (Lipinski definition) is 0. The number of allylic oxidation sites excluding steroid dienone is 6. The lowest BCUT2D eigenvalue weighted by atomic mass is 9.78. The summed E-state index contributed by atoms with van der Waals surface area (Å²) in [4.78, 5) is 2.31. The Labute approximate surface area is 143 Å². The molecule has 0 saturated heterocycles. The van der Waals surface area contributed by atoms with Crippen LogP contribution in [0.25, 0.3) is 0 Å². The molecule has 0 bridgehead atoms. The van der Waals surface area contributed by atoms with Gasteiger partial charge < -0.3 is 4.90 Å². The molecule has 0 N–H and O–H groups in total. The monoisotopic (exact) mass is 315 g/mol. The van der Waals surface area contributed by atoms with E-state index in [0.29, 0.717) is 5.92 Å². The number of fused-ring (bicyclic) bond motifs is 1. The first-order chi connectivity index (χ1) is 11.7. The van der Waals surface area contributed by atoms with Crippen molar-refractivity contribution < 1.29 is 0 Å². The summed E-state index contributed by atoms with van der Waals surface area (Å²) in [5.41, 5.74) is 5.07. The van der Waals surface area contributed by atoms with Crippen molar-refractivity contribution in [1.82, 2.24) is 4.90 Å². The molecule has 0 fully saturated rings. The Morgan fingerprint density at radius 3 is 2.50 bits per heavy atom. The van der Waals surface area contributed by atoms with Gasteiger partial charge in [-0.1, -0.05) is 36.4 Å². The van der Waals surface area contributed by atoms with Crippen LogP contribution >= 0.6 is 0 Å². The predicted octanol–water partition coefficient (Wildman–Crippen LogP) is 4.48. The maximum absolute atomic E-state index is 9.10. The van der Waals surface area contributed by atoms with Gasteiger partial charge in [0.15, 0.2) is 0 Å². The molecule has 0 heterocycles. The molecule has 0 saturated carbocycles. The Kier molecular flexibility index (Phi) is 4.82. The van der Waals surface area contributed by atoms with Crippen LogP contribution < -0.4 is 0 Å². The third kappa shape index (κ3) is 3.42. The van der Waals surface area contributed by atoms with Gasteiger partial charge in [0.2, 0.25) is 0 Å². The molecule has 0 unspecified atom stereocenters. The minimum absolute atomic E-state index is 0.263. The standard InChI is InChI=1S/C21H21N3/c1-24(15-16-5-3-2-4-6-16)21-10-9-17-7-8-18(11-19(17)12-21)20(13-22)14-23/h2-6,11-12,17H,7-10,15H2,1H3/t17-/m0/s1. The highest BCUT2D eigenvalue weighted by atomic mass is 15.1. The van der Waals surface area contributed by atoms with E-state index in [1.165, 1.54) is 16.8 Å². The minimum Gasteiger partial charge on any atom is -0.374 e. The van der Waals surface area contributed by atoms with Crippen molar-refractivity contribution in [2.24, 2.45) is 5.92 Å². The van der Waals surface area contributed by atoms with E-state index < -0.39 is 0 Å². The van der Waals surface area contributed by atoms with E-state index in [2.05, 4.69) is 48.4 Å². The van der Waals surface area contributed by atoms with Gasteiger partial charge in [-0.05, 0) is 54.4 Å². The molecular weight excluding hydrogens is 294 g/mol. The maximum Gasteiger partial charge on any atom is 0.132 e. The van der Waals surface area contributed by atoms with Crippen LogP contribution in [0.4, 0.5) is 0 Å². The van der Waals surface area contributed by atoms with Crippen molar-refractivity contribution in [3.8, 4) is 12.1 Å². The second-order valence-corrected chi connectivity index (χ2v) is 6.52. The van der Waals surface area contributed by atoms with Crippen molar-refractivity contribution in [3.63, 3.8) is 0 Å². The highest BCUT2D eigenvalue weighted by molar-refractivity contribution is 5.49. The lowest BCUT2D eigenvalue weighted by Gasteiger charge is -2.33. The second-order valence-electron chi connectivity index (χ2n) is 6.52. The molecule has 1 aromatic carbocycles. The van der Waals surface area contributed by atoms with Crippen LogP contribution in [0.3, 0.4) is 0 Å². The zero-order valence-electron chi connectivity index (χ0n) is 14.0. The fraction of sp³-hybridized carbons (Fsp3) is 0.333. The summed E-state index contributed by atoms with van der Waals surface area (Å²) >= 11 is 0. The lowest BCUT2D eigenvalue weighted by Crippen LogP contribution is -2.23. The Morgan fingerprint density at radius 2 is 1.79 bits per heavy atom. The van der Waals surface area contributed by atoms with Crippen LogP contribution in [0.5, 0.6) is 0 Å². The summed E-state index contributed by atoms with van der Waals surface area (Å²) in [6.45, 7) is 0.898. The van der Waals surface area contributed by atoms with Crippen LogP contribution in [0, 0.1) is 28.6 Å². The average molecular weight is 315 g/mol. The van der Waals surface area contributed by atoms with Crippen molar-refractivity contribution in [2.75, 3.05) is 7.05 Å². The normalized spacial score (nSPS) is 19.3. The molecule has 120 valence electrons. The molecular formula is C21H21N3. The van der Waals surface area contributed by atoms with E-state index in [1.807, 2.05) is 18.2 Å². The van der Waals surface area contributed by atoms with E-state index >= 15 is 0 Å². The Balaban J connectivity index is 1.83. The molecule has 0 aliphatic heterocycles. The smallest absolute Gasteiger partial charge is 0.132 e.